The van der Waals surface area contributed by atoms with Gasteiger partial charge in [-0.3, -0.25) is 0 Å². The van der Waals surface area contributed by atoms with Crippen molar-refractivity contribution in [1.82, 2.24) is 0 Å². The molecule has 0 amide bonds. The minimum Gasteiger partial charge on any atom is -0.457 e. The Hall–Kier alpha value is -3.10. The Balaban J connectivity index is 1.39. The quantitative estimate of drug-likeness (QED) is 0.338. The van der Waals surface area contributed by atoms with Crippen molar-refractivity contribution < 1.29 is 9.47 Å². The monoisotopic (exact) mass is 382 g/mol. The molecule has 0 saturated heterocycles. The Kier molecular flexibility index (Phi) is 5.64. The van der Waals surface area contributed by atoms with E-state index in [1.165, 1.54) is 16.3 Å². The van der Waals surface area contributed by atoms with Gasteiger partial charge in [0.25, 0.3) is 0 Å². The molecule has 0 aliphatic heterocycles. The third-order valence-electron chi connectivity index (χ3n) is 5.14. The fraction of sp³-hybridized carbons (Fsp3) is 0.185. The maximum absolute atomic E-state index is 6.10. The zero-order chi connectivity index (χ0) is 20.1. The van der Waals surface area contributed by atoms with E-state index in [4.69, 9.17) is 9.47 Å². The fourth-order valence-electron chi connectivity index (χ4n) is 3.44. The molecule has 0 fully saturated rings. The summed E-state index contributed by atoms with van der Waals surface area (Å²) in [5.74, 6) is 1.66. The molecule has 0 aliphatic rings. The van der Waals surface area contributed by atoms with Crippen LogP contribution < -0.4 is 4.74 Å². The van der Waals surface area contributed by atoms with Gasteiger partial charge >= 0.3 is 0 Å². The smallest absolute Gasteiger partial charge is 0.127 e. The zero-order valence-electron chi connectivity index (χ0n) is 17.0. The van der Waals surface area contributed by atoms with E-state index in [0.29, 0.717) is 13.2 Å². The molecule has 0 radical (unpaired) electrons. The van der Waals surface area contributed by atoms with E-state index in [1.54, 1.807) is 0 Å². The lowest BCUT2D eigenvalue weighted by atomic mass is 9.84. The molecule has 0 unspecified atom stereocenters. The maximum Gasteiger partial charge on any atom is 0.127 e. The fourth-order valence-corrected chi connectivity index (χ4v) is 3.44. The predicted octanol–water partition coefficient (Wildman–Crippen LogP) is 7.13. The summed E-state index contributed by atoms with van der Waals surface area (Å²) in [5.41, 5.74) is 2.33. The SMILES string of the molecule is CC(C)(COCc1cccc(Oc2ccccc2)c1)c1ccc2ccccc2c1. The average Bonchev–Trinajstić information content (AvgIpc) is 2.74. The Morgan fingerprint density at radius 3 is 2.21 bits per heavy atom. The van der Waals surface area contributed by atoms with Gasteiger partial charge in [0, 0.05) is 5.41 Å². The molecule has 4 rings (SSSR count). The highest BCUT2D eigenvalue weighted by Crippen LogP contribution is 2.28. The van der Waals surface area contributed by atoms with Gasteiger partial charge in [0.2, 0.25) is 0 Å². The number of rotatable bonds is 7. The molecule has 0 aromatic heterocycles. The molecule has 2 heteroatoms. The van der Waals surface area contributed by atoms with Crippen LogP contribution in [0.4, 0.5) is 0 Å². The van der Waals surface area contributed by atoms with Gasteiger partial charge in [-0.25, -0.2) is 0 Å². The minimum atomic E-state index is -0.0673. The molecule has 0 heterocycles. The lowest BCUT2D eigenvalue weighted by Crippen LogP contribution is -2.24. The normalized spacial score (nSPS) is 11.5. The molecule has 4 aromatic rings. The summed E-state index contributed by atoms with van der Waals surface area (Å²) in [6.45, 7) is 5.66. The van der Waals surface area contributed by atoms with Crippen molar-refractivity contribution in [1.29, 1.82) is 0 Å². The number of fused-ring (bicyclic) bond motifs is 1. The topological polar surface area (TPSA) is 18.5 Å². The minimum absolute atomic E-state index is 0.0673. The van der Waals surface area contributed by atoms with Crippen LogP contribution in [0.5, 0.6) is 11.5 Å². The van der Waals surface area contributed by atoms with Gasteiger partial charge in [-0.05, 0) is 46.2 Å². The second-order valence-electron chi connectivity index (χ2n) is 8.00. The van der Waals surface area contributed by atoms with Crippen LogP contribution in [-0.4, -0.2) is 6.61 Å². The maximum atomic E-state index is 6.10. The van der Waals surface area contributed by atoms with Crippen molar-refractivity contribution in [2.45, 2.75) is 25.9 Å². The van der Waals surface area contributed by atoms with Gasteiger partial charge in [0.05, 0.1) is 13.2 Å². The molecule has 0 bridgehead atoms. The van der Waals surface area contributed by atoms with Crippen molar-refractivity contribution in [3.63, 3.8) is 0 Å². The first kappa shape index (κ1) is 19.2. The van der Waals surface area contributed by atoms with Crippen LogP contribution in [0.15, 0.2) is 97.1 Å². The number of hydrogen-bond donors (Lipinski definition) is 0. The summed E-state index contributed by atoms with van der Waals surface area (Å²) in [7, 11) is 0. The van der Waals surface area contributed by atoms with Crippen molar-refractivity contribution >= 4 is 10.8 Å². The summed E-state index contributed by atoms with van der Waals surface area (Å²) < 4.78 is 12.0. The third-order valence-corrected chi connectivity index (χ3v) is 5.14. The standard InChI is InChI=1S/C27H26O2/c1-27(2,24-16-15-22-10-6-7-11-23(22)18-24)20-28-19-21-9-8-14-26(17-21)29-25-12-4-3-5-13-25/h3-18H,19-20H2,1-2H3. The molecule has 0 atom stereocenters. The predicted molar refractivity (Wildman–Crippen MR) is 120 cm³/mol. The molecule has 0 spiro atoms. The first-order chi connectivity index (χ1) is 14.1. The molecule has 29 heavy (non-hydrogen) atoms. The van der Waals surface area contributed by atoms with Gasteiger partial charge in [-0.1, -0.05) is 86.6 Å². The second kappa shape index (κ2) is 8.50. The van der Waals surface area contributed by atoms with E-state index < -0.39 is 0 Å². The zero-order valence-corrected chi connectivity index (χ0v) is 17.0. The number of benzene rings is 4. The van der Waals surface area contributed by atoms with E-state index in [9.17, 15) is 0 Å². The van der Waals surface area contributed by atoms with Crippen molar-refractivity contribution in [2.75, 3.05) is 6.61 Å². The summed E-state index contributed by atoms with van der Waals surface area (Å²) in [6.07, 6.45) is 0. The molecular formula is C27H26O2. The van der Waals surface area contributed by atoms with E-state index in [2.05, 4.69) is 62.4 Å². The second-order valence-corrected chi connectivity index (χ2v) is 8.00. The van der Waals surface area contributed by atoms with E-state index >= 15 is 0 Å². The van der Waals surface area contributed by atoms with Crippen molar-refractivity contribution in [2.24, 2.45) is 0 Å². The molecule has 4 aromatic carbocycles. The number of hydrogen-bond acceptors (Lipinski definition) is 2. The molecule has 0 saturated carbocycles. The summed E-state index contributed by atoms with van der Waals surface area (Å²) in [4.78, 5) is 0. The van der Waals surface area contributed by atoms with Gasteiger partial charge in [-0.2, -0.15) is 0 Å². The summed E-state index contributed by atoms with van der Waals surface area (Å²) >= 11 is 0. The molecule has 0 N–H and O–H groups in total. The van der Waals surface area contributed by atoms with Gasteiger partial charge < -0.3 is 9.47 Å². The van der Waals surface area contributed by atoms with E-state index in [1.807, 2.05) is 48.5 Å². The molecular weight excluding hydrogens is 356 g/mol. The van der Waals surface area contributed by atoms with Crippen LogP contribution in [0, 0.1) is 0 Å². The highest BCUT2D eigenvalue weighted by molar-refractivity contribution is 5.83. The highest BCUT2D eigenvalue weighted by Gasteiger charge is 2.21. The van der Waals surface area contributed by atoms with Gasteiger partial charge in [-0.15, -0.1) is 0 Å². The Morgan fingerprint density at radius 2 is 1.38 bits per heavy atom. The average molecular weight is 383 g/mol. The van der Waals surface area contributed by atoms with Crippen molar-refractivity contribution in [3.05, 3.63) is 108 Å². The largest absolute Gasteiger partial charge is 0.457 e. The molecule has 0 aliphatic carbocycles. The van der Waals surface area contributed by atoms with Crippen LogP contribution in [0.2, 0.25) is 0 Å². The third kappa shape index (κ3) is 4.85. The van der Waals surface area contributed by atoms with Gasteiger partial charge in [0.1, 0.15) is 11.5 Å². The van der Waals surface area contributed by atoms with Crippen LogP contribution in [0.25, 0.3) is 10.8 Å². The van der Waals surface area contributed by atoms with Crippen molar-refractivity contribution in [3.8, 4) is 11.5 Å². The summed E-state index contributed by atoms with van der Waals surface area (Å²) in [6, 6.07) is 33.0. The van der Waals surface area contributed by atoms with Crippen LogP contribution in [0.3, 0.4) is 0 Å². The van der Waals surface area contributed by atoms with Crippen LogP contribution >= 0.6 is 0 Å². The molecule has 146 valence electrons. The highest BCUT2D eigenvalue weighted by atomic mass is 16.5. The van der Waals surface area contributed by atoms with Crippen LogP contribution in [-0.2, 0) is 16.8 Å². The number of ether oxygens (including phenoxy) is 2. The summed E-state index contributed by atoms with van der Waals surface area (Å²) in [5, 5.41) is 2.53. The van der Waals surface area contributed by atoms with E-state index in [-0.39, 0.29) is 5.41 Å². The Bertz CT molecular complexity index is 1080. The van der Waals surface area contributed by atoms with E-state index in [0.717, 1.165) is 17.1 Å². The van der Waals surface area contributed by atoms with Crippen LogP contribution in [0.1, 0.15) is 25.0 Å². The lowest BCUT2D eigenvalue weighted by molar-refractivity contribution is 0.0824. The first-order valence-electron chi connectivity index (χ1n) is 9.99. The first-order valence-corrected chi connectivity index (χ1v) is 9.99. The van der Waals surface area contributed by atoms with Gasteiger partial charge in [0.15, 0.2) is 0 Å². The Labute approximate surface area is 172 Å². The lowest BCUT2D eigenvalue weighted by Gasteiger charge is -2.25. The number of para-hydroxylation sites is 1. The Morgan fingerprint density at radius 1 is 0.655 bits per heavy atom. The molecule has 2 nitrogen and oxygen atoms in total.